The lowest BCUT2D eigenvalue weighted by atomic mass is 10.2. The topological polar surface area (TPSA) is 64.4 Å². The number of hydrogen-bond donors (Lipinski definition) is 1. The lowest BCUT2D eigenvalue weighted by Crippen LogP contribution is -2.10. The van der Waals surface area contributed by atoms with Crippen LogP contribution in [0.3, 0.4) is 0 Å². The average molecular weight is 260 g/mol. The van der Waals surface area contributed by atoms with Gasteiger partial charge in [-0.05, 0) is 25.5 Å². The number of nitrogens with zero attached hydrogens (tertiary/aromatic N) is 2. The molecule has 19 heavy (non-hydrogen) atoms. The van der Waals surface area contributed by atoms with Gasteiger partial charge in [0, 0.05) is 6.54 Å². The van der Waals surface area contributed by atoms with Gasteiger partial charge < -0.3 is 9.84 Å². The minimum atomic E-state index is -0.983. The van der Waals surface area contributed by atoms with Crippen LogP contribution in [0.25, 0.3) is 0 Å². The molecular weight excluding hydrogens is 244 g/mol. The van der Waals surface area contributed by atoms with Crippen LogP contribution in [0.4, 0.5) is 0 Å². The number of para-hydroxylation sites is 1. The van der Waals surface area contributed by atoms with Gasteiger partial charge in [-0.15, -0.1) is 0 Å². The zero-order chi connectivity index (χ0) is 13.8. The lowest BCUT2D eigenvalue weighted by Gasteiger charge is -2.10. The zero-order valence-corrected chi connectivity index (χ0v) is 11.0. The van der Waals surface area contributed by atoms with Crippen LogP contribution in [-0.4, -0.2) is 20.9 Å². The Bertz CT molecular complexity index is 590. The lowest BCUT2D eigenvalue weighted by molar-refractivity contribution is 0.0693. The number of carboxylic acid groups (broad SMARTS) is 1. The second-order valence-electron chi connectivity index (χ2n) is 4.18. The van der Waals surface area contributed by atoms with Gasteiger partial charge in [-0.2, -0.15) is 5.10 Å². The van der Waals surface area contributed by atoms with Gasteiger partial charge in [-0.25, -0.2) is 4.79 Å². The van der Waals surface area contributed by atoms with Crippen molar-refractivity contribution in [2.75, 3.05) is 0 Å². The minimum absolute atomic E-state index is 0.190. The van der Waals surface area contributed by atoms with Gasteiger partial charge >= 0.3 is 5.97 Å². The molecule has 5 nitrogen and oxygen atoms in total. The Hall–Kier alpha value is -2.30. The Kier molecular flexibility index (Phi) is 3.85. The molecule has 5 heteroatoms. The van der Waals surface area contributed by atoms with E-state index in [2.05, 4.69) is 5.10 Å². The first kappa shape index (κ1) is 13.1. The van der Waals surface area contributed by atoms with Crippen molar-refractivity contribution < 1.29 is 14.6 Å². The molecule has 1 aromatic carbocycles. The first-order valence-electron chi connectivity index (χ1n) is 6.10. The monoisotopic (exact) mass is 260 g/mol. The van der Waals surface area contributed by atoms with E-state index in [4.69, 9.17) is 9.84 Å². The molecular formula is C14H16N2O3. The zero-order valence-electron chi connectivity index (χ0n) is 11.0. The number of carbonyl (C=O) groups is 1. The third-order valence-electron chi connectivity index (χ3n) is 2.94. The highest BCUT2D eigenvalue weighted by atomic mass is 16.5. The van der Waals surface area contributed by atoms with Gasteiger partial charge in [0.05, 0.1) is 11.9 Å². The van der Waals surface area contributed by atoms with Crippen molar-refractivity contribution in [2.45, 2.75) is 27.0 Å². The van der Waals surface area contributed by atoms with Gasteiger partial charge in [0.1, 0.15) is 17.9 Å². The van der Waals surface area contributed by atoms with Crippen LogP contribution in [0.5, 0.6) is 5.75 Å². The number of rotatable bonds is 5. The molecule has 2 rings (SSSR count). The summed E-state index contributed by atoms with van der Waals surface area (Å²) in [5.74, 6) is -0.231. The van der Waals surface area contributed by atoms with E-state index in [0.29, 0.717) is 12.2 Å². The smallest absolute Gasteiger partial charge is 0.339 e. The molecule has 0 saturated heterocycles. The van der Waals surface area contributed by atoms with Crippen molar-refractivity contribution in [3.05, 3.63) is 47.3 Å². The molecule has 0 spiro atoms. The SMILES string of the molecule is CCn1ncc(C(=O)O)c1COc1ccccc1C. The summed E-state index contributed by atoms with van der Waals surface area (Å²) in [4.78, 5) is 11.1. The van der Waals surface area contributed by atoms with Crippen LogP contribution in [0.15, 0.2) is 30.5 Å². The third-order valence-corrected chi connectivity index (χ3v) is 2.94. The maximum atomic E-state index is 11.1. The van der Waals surface area contributed by atoms with Crippen LogP contribution in [0.1, 0.15) is 28.5 Å². The summed E-state index contributed by atoms with van der Waals surface area (Å²) < 4.78 is 7.33. The Morgan fingerprint density at radius 2 is 2.16 bits per heavy atom. The van der Waals surface area contributed by atoms with E-state index in [0.717, 1.165) is 11.3 Å². The Balaban J connectivity index is 2.21. The molecule has 0 atom stereocenters. The van der Waals surface area contributed by atoms with E-state index < -0.39 is 5.97 Å². The van der Waals surface area contributed by atoms with Crippen molar-refractivity contribution in [3.8, 4) is 5.75 Å². The summed E-state index contributed by atoms with van der Waals surface area (Å²) in [6.45, 7) is 4.67. The summed E-state index contributed by atoms with van der Waals surface area (Å²) in [6, 6.07) is 7.63. The maximum absolute atomic E-state index is 11.1. The molecule has 0 radical (unpaired) electrons. The molecule has 100 valence electrons. The van der Waals surface area contributed by atoms with E-state index in [1.807, 2.05) is 38.1 Å². The molecule has 0 saturated carbocycles. The average Bonchev–Trinajstić information content (AvgIpc) is 2.81. The highest BCUT2D eigenvalue weighted by Gasteiger charge is 2.16. The maximum Gasteiger partial charge on any atom is 0.339 e. The van der Waals surface area contributed by atoms with Crippen LogP contribution in [0.2, 0.25) is 0 Å². The number of aryl methyl sites for hydroxylation is 2. The van der Waals surface area contributed by atoms with Crippen LogP contribution in [-0.2, 0) is 13.2 Å². The van der Waals surface area contributed by atoms with E-state index in [9.17, 15) is 4.79 Å². The molecule has 0 amide bonds. The first-order chi connectivity index (χ1) is 9.13. The van der Waals surface area contributed by atoms with Crippen molar-refractivity contribution >= 4 is 5.97 Å². The molecule has 0 aliphatic rings. The van der Waals surface area contributed by atoms with Crippen molar-refractivity contribution in [3.63, 3.8) is 0 Å². The van der Waals surface area contributed by atoms with Crippen LogP contribution in [0, 0.1) is 6.92 Å². The molecule has 0 aliphatic carbocycles. The summed E-state index contributed by atoms with van der Waals surface area (Å²) in [7, 11) is 0. The quantitative estimate of drug-likeness (QED) is 0.897. The van der Waals surface area contributed by atoms with E-state index in [-0.39, 0.29) is 12.2 Å². The van der Waals surface area contributed by atoms with Crippen LogP contribution >= 0.6 is 0 Å². The Morgan fingerprint density at radius 1 is 1.42 bits per heavy atom. The molecule has 2 aromatic rings. The van der Waals surface area contributed by atoms with Crippen molar-refractivity contribution in [2.24, 2.45) is 0 Å². The van der Waals surface area contributed by atoms with E-state index >= 15 is 0 Å². The summed E-state index contributed by atoms with van der Waals surface area (Å²) in [5, 5.41) is 13.2. The van der Waals surface area contributed by atoms with Gasteiger partial charge in [0.15, 0.2) is 0 Å². The molecule has 0 fully saturated rings. The number of ether oxygens (including phenoxy) is 1. The largest absolute Gasteiger partial charge is 0.487 e. The molecule has 1 aromatic heterocycles. The van der Waals surface area contributed by atoms with Gasteiger partial charge in [-0.1, -0.05) is 18.2 Å². The number of hydrogen-bond acceptors (Lipinski definition) is 3. The van der Waals surface area contributed by atoms with Gasteiger partial charge in [0.2, 0.25) is 0 Å². The number of aromatic nitrogens is 2. The summed E-state index contributed by atoms with van der Waals surface area (Å²) in [5.41, 5.74) is 1.79. The van der Waals surface area contributed by atoms with E-state index in [1.54, 1.807) is 4.68 Å². The van der Waals surface area contributed by atoms with Crippen molar-refractivity contribution in [1.29, 1.82) is 0 Å². The van der Waals surface area contributed by atoms with Crippen molar-refractivity contribution in [1.82, 2.24) is 9.78 Å². The summed E-state index contributed by atoms with van der Waals surface area (Å²) in [6.07, 6.45) is 1.36. The number of aromatic carboxylic acids is 1. The molecule has 0 unspecified atom stereocenters. The summed E-state index contributed by atoms with van der Waals surface area (Å²) >= 11 is 0. The van der Waals surface area contributed by atoms with Crippen LogP contribution < -0.4 is 4.74 Å². The molecule has 0 aliphatic heterocycles. The Morgan fingerprint density at radius 3 is 2.79 bits per heavy atom. The molecule has 0 bridgehead atoms. The second-order valence-corrected chi connectivity index (χ2v) is 4.18. The predicted molar refractivity (Wildman–Crippen MR) is 70.4 cm³/mol. The highest BCUT2D eigenvalue weighted by Crippen LogP contribution is 2.19. The van der Waals surface area contributed by atoms with E-state index in [1.165, 1.54) is 6.20 Å². The standard InChI is InChI=1S/C14H16N2O3/c1-3-16-12(11(8-15-16)14(17)18)9-19-13-7-5-4-6-10(13)2/h4-8H,3,9H2,1-2H3,(H,17,18). The number of benzene rings is 1. The highest BCUT2D eigenvalue weighted by molar-refractivity contribution is 5.88. The fourth-order valence-electron chi connectivity index (χ4n) is 1.88. The second kappa shape index (κ2) is 5.56. The normalized spacial score (nSPS) is 10.4. The van der Waals surface area contributed by atoms with Gasteiger partial charge in [-0.3, -0.25) is 4.68 Å². The first-order valence-corrected chi connectivity index (χ1v) is 6.10. The fraction of sp³-hybridized carbons (Fsp3) is 0.286. The minimum Gasteiger partial charge on any atom is -0.487 e. The molecule has 1 N–H and O–H groups in total. The number of carboxylic acids is 1. The fourth-order valence-corrected chi connectivity index (χ4v) is 1.88. The Labute approximate surface area is 111 Å². The van der Waals surface area contributed by atoms with Gasteiger partial charge in [0.25, 0.3) is 0 Å². The third kappa shape index (κ3) is 2.76. The molecule has 1 heterocycles. The predicted octanol–water partition coefficient (Wildman–Crippen LogP) is 2.49.